The molecule has 1 aromatic heterocycles. The molecular weight excluding hydrogens is 387 g/mol. The minimum Gasteiger partial charge on any atom is -1.00 e. The first-order valence-corrected chi connectivity index (χ1v) is 9.28. The fourth-order valence-electron chi connectivity index (χ4n) is 3.24. The lowest BCUT2D eigenvalue weighted by Gasteiger charge is -2.15. The number of benzene rings is 3. The number of nitrogens with one attached hydrogen (secondary N) is 1. The van der Waals surface area contributed by atoms with Crippen LogP contribution < -0.4 is 22.5 Å². The molecule has 0 aliphatic carbocycles. The molecule has 0 aliphatic heterocycles. The summed E-state index contributed by atoms with van der Waals surface area (Å²) in [5.74, 6) is 0.514. The van der Waals surface area contributed by atoms with Crippen molar-refractivity contribution in [3.8, 4) is 5.75 Å². The predicted molar refractivity (Wildman–Crippen MR) is 109 cm³/mol. The Morgan fingerprint density at radius 2 is 1.69 bits per heavy atom. The van der Waals surface area contributed by atoms with Crippen LogP contribution in [0.3, 0.4) is 0 Å². The Bertz CT molecular complexity index is 1070. The van der Waals surface area contributed by atoms with Crippen molar-refractivity contribution in [3.05, 3.63) is 108 Å². The smallest absolute Gasteiger partial charge is 0.129 e. The van der Waals surface area contributed by atoms with E-state index in [2.05, 4.69) is 22.4 Å². The van der Waals surface area contributed by atoms with E-state index in [1.165, 1.54) is 6.07 Å². The van der Waals surface area contributed by atoms with Crippen LogP contribution in [-0.4, -0.2) is 4.98 Å². The molecule has 5 heteroatoms. The Kier molecular flexibility index (Phi) is 7.17. The van der Waals surface area contributed by atoms with Crippen molar-refractivity contribution in [3.63, 3.8) is 0 Å². The third-order valence-corrected chi connectivity index (χ3v) is 4.69. The molecule has 0 bridgehead atoms. The summed E-state index contributed by atoms with van der Waals surface area (Å²) in [4.78, 5) is 4.15. The number of hydrogen-bond acceptors (Lipinski definition) is 3. The lowest BCUT2D eigenvalue weighted by Crippen LogP contribution is -3.00. The third-order valence-electron chi connectivity index (χ3n) is 4.69. The summed E-state index contributed by atoms with van der Waals surface area (Å²) in [6.07, 6.45) is 3.62. The number of fused-ring (bicyclic) bond motifs is 1. The largest absolute Gasteiger partial charge is 1.00 e. The van der Waals surface area contributed by atoms with Crippen LogP contribution in [0.5, 0.6) is 5.75 Å². The fraction of sp³-hybridized carbons (Fsp3) is 0.125. The molecule has 0 amide bonds. The van der Waals surface area contributed by atoms with Gasteiger partial charge in [0.15, 0.2) is 0 Å². The average Bonchev–Trinajstić information content (AvgIpc) is 2.74. The molecule has 0 atom stereocenters. The summed E-state index contributed by atoms with van der Waals surface area (Å²) in [7, 11) is 0. The molecule has 1 N–H and O–H groups in total. The van der Waals surface area contributed by atoms with E-state index in [-0.39, 0.29) is 24.8 Å². The molecule has 148 valence electrons. The number of hydrogen-bond donors (Lipinski definition) is 1. The van der Waals surface area contributed by atoms with E-state index in [0.29, 0.717) is 18.7 Å². The highest BCUT2D eigenvalue weighted by Gasteiger charge is 2.10. The minimum absolute atomic E-state index is 0. The Hall–Kier alpha value is -2.95. The van der Waals surface area contributed by atoms with E-state index in [4.69, 9.17) is 4.74 Å². The molecule has 4 aromatic rings. The van der Waals surface area contributed by atoms with E-state index in [9.17, 15) is 4.39 Å². The molecule has 3 aromatic carbocycles. The van der Waals surface area contributed by atoms with Gasteiger partial charge in [-0.3, -0.25) is 4.98 Å². The normalized spacial score (nSPS) is 10.5. The van der Waals surface area contributed by atoms with Gasteiger partial charge in [0.25, 0.3) is 0 Å². The first kappa shape index (κ1) is 20.8. The monoisotopic (exact) mass is 407 g/mol. The molecule has 0 spiro atoms. The van der Waals surface area contributed by atoms with Crippen molar-refractivity contribution in [2.75, 3.05) is 0 Å². The summed E-state index contributed by atoms with van der Waals surface area (Å²) >= 11 is 0. The van der Waals surface area contributed by atoms with Gasteiger partial charge in [0, 0.05) is 36.6 Å². The summed E-state index contributed by atoms with van der Waals surface area (Å²) in [5.41, 5.74) is 2.74. The zero-order valence-electron chi connectivity index (χ0n) is 15.8. The van der Waals surface area contributed by atoms with Gasteiger partial charge in [-0.2, -0.15) is 0 Å². The predicted octanol–water partition coefficient (Wildman–Crippen LogP) is 2.25. The average molecular weight is 408 g/mol. The van der Waals surface area contributed by atoms with Crippen LogP contribution in [0.25, 0.3) is 10.8 Å². The molecule has 0 radical (unpaired) electrons. The van der Waals surface area contributed by atoms with Gasteiger partial charge in [0.05, 0.1) is 0 Å². The van der Waals surface area contributed by atoms with E-state index >= 15 is 0 Å². The van der Waals surface area contributed by atoms with E-state index in [1.54, 1.807) is 18.3 Å². The maximum atomic E-state index is 13.9. The van der Waals surface area contributed by atoms with Crippen molar-refractivity contribution in [1.29, 1.82) is 0 Å². The number of aromatic nitrogens is 1. The number of rotatable bonds is 7. The van der Waals surface area contributed by atoms with Crippen LogP contribution in [0.4, 0.5) is 4.39 Å². The highest BCUT2D eigenvalue weighted by Crippen LogP contribution is 2.29. The van der Waals surface area contributed by atoms with E-state index < -0.39 is 0 Å². The van der Waals surface area contributed by atoms with Gasteiger partial charge >= 0.3 is 0 Å². The first-order chi connectivity index (χ1) is 13.8. The van der Waals surface area contributed by atoms with Gasteiger partial charge < -0.3 is 22.5 Å². The van der Waals surface area contributed by atoms with Crippen LogP contribution in [-0.2, 0) is 19.7 Å². The van der Waals surface area contributed by atoms with E-state index in [1.807, 2.05) is 48.7 Å². The highest BCUT2D eigenvalue weighted by atomic mass is 35.5. The van der Waals surface area contributed by atoms with Crippen molar-refractivity contribution in [2.24, 2.45) is 0 Å². The lowest BCUT2D eigenvalue weighted by molar-refractivity contribution is -0.00000657. The zero-order valence-corrected chi connectivity index (χ0v) is 16.6. The van der Waals surface area contributed by atoms with Gasteiger partial charge in [0.1, 0.15) is 18.2 Å². The van der Waals surface area contributed by atoms with Crippen LogP contribution >= 0.6 is 0 Å². The van der Waals surface area contributed by atoms with Crippen molar-refractivity contribution in [1.82, 2.24) is 10.3 Å². The number of ether oxygens (including phenoxy) is 1. The standard InChI is InChI=1S/C24H21FN2O.ClH/c25-23-10-4-2-8-20(23)17-28-24-12-11-19-7-1-3-9-21(19)22(24)16-27-15-18-6-5-13-26-14-18;/h1-14,27H,15-17H2;1H/p-1. The second-order valence-corrected chi connectivity index (χ2v) is 6.61. The minimum atomic E-state index is -0.250. The zero-order chi connectivity index (χ0) is 19.2. The maximum absolute atomic E-state index is 13.9. The van der Waals surface area contributed by atoms with Gasteiger partial charge in [-0.25, -0.2) is 4.39 Å². The fourth-order valence-corrected chi connectivity index (χ4v) is 3.24. The van der Waals surface area contributed by atoms with E-state index in [0.717, 1.165) is 27.6 Å². The SMILES string of the molecule is Fc1ccccc1COc1ccc2ccccc2c1CNCc1cccnc1.[Cl-]. The Morgan fingerprint density at radius 3 is 2.52 bits per heavy atom. The van der Waals surface area contributed by atoms with Crippen LogP contribution in [0.2, 0.25) is 0 Å². The molecule has 29 heavy (non-hydrogen) atoms. The molecule has 0 fully saturated rings. The highest BCUT2D eigenvalue weighted by molar-refractivity contribution is 5.87. The quantitative estimate of drug-likeness (QED) is 0.510. The maximum Gasteiger partial charge on any atom is 0.129 e. The number of pyridine rings is 1. The molecule has 4 rings (SSSR count). The molecule has 0 unspecified atom stereocenters. The van der Waals surface area contributed by atoms with Gasteiger partial charge in [-0.05, 0) is 34.5 Å². The molecule has 0 aliphatic rings. The van der Waals surface area contributed by atoms with Gasteiger partial charge in [0.2, 0.25) is 0 Å². The Morgan fingerprint density at radius 1 is 0.862 bits per heavy atom. The second-order valence-electron chi connectivity index (χ2n) is 6.61. The first-order valence-electron chi connectivity index (χ1n) is 9.28. The topological polar surface area (TPSA) is 34.1 Å². The van der Waals surface area contributed by atoms with Crippen molar-refractivity contribution in [2.45, 2.75) is 19.7 Å². The van der Waals surface area contributed by atoms with Crippen LogP contribution in [0, 0.1) is 5.82 Å². The number of nitrogens with zero attached hydrogens (tertiary/aromatic N) is 1. The lowest BCUT2D eigenvalue weighted by atomic mass is 10.0. The third kappa shape index (κ3) is 5.11. The van der Waals surface area contributed by atoms with Gasteiger partial charge in [-0.15, -0.1) is 0 Å². The molecule has 0 saturated heterocycles. The Balaban J connectivity index is 0.00000240. The molecular formula is C24H21ClFN2O-. The Labute approximate surface area is 176 Å². The summed E-state index contributed by atoms with van der Waals surface area (Å²) in [5, 5.41) is 5.75. The van der Waals surface area contributed by atoms with Gasteiger partial charge in [-0.1, -0.05) is 54.6 Å². The summed E-state index contributed by atoms with van der Waals surface area (Å²) in [6, 6.07) is 22.9. The summed E-state index contributed by atoms with van der Waals surface area (Å²) < 4.78 is 20.0. The molecule has 1 heterocycles. The second kappa shape index (κ2) is 10.0. The molecule has 3 nitrogen and oxygen atoms in total. The van der Waals surface area contributed by atoms with Crippen LogP contribution in [0.1, 0.15) is 16.7 Å². The van der Waals surface area contributed by atoms with Crippen LogP contribution in [0.15, 0.2) is 85.2 Å². The van der Waals surface area contributed by atoms with Crippen molar-refractivity contribution < 1.29 is 21.5 Å². The molecule has 0 saturated carbocycles. The van der Waals surface area contributed by atoms with Crippen molar-refractivity contribution >= 4 is 10.8 Å². The summed E-state index contributed by atoms with van der Waals surface area (Å²) in [6.45, 7) is 1.55. The number of halogens is 2.